The molecule has 0 spiro atoms. The van der Waals surface area contributed by atoms with Crippen molar-refractivity contribution in [3.8, 4) is 0 Å². The number of ether oxygens (including phenoxy) is 2. The molecule has 0 bridgehead atoms. The largest absolute Gasteiger partial charge is 0.463 e. The Kier molecular flexibility index (Phi) is 7.52. The topological polar surface area (TPSA) is 35.5 Å². The molecule has 0 aliphatic heterocycles. The number of thioether (sulfide) groups is 1. The molecule has 0 saturated carbocycles. The van der Waals surface area contributed by atoms with Crippen LogP contribution in [0.3, 0.4) is 0 Å². The Balaban J connectivity index is 2.12. The van der Waals surface area contributed by atoms with Crippen LogP contribution in [0.25, 0.3) is 0 Å². The fourth-order valence-corrected chi connectivity index (χ4v) is 2.19. The van der Waals surface area contributed by atoms with E-state index in [4.69, 9.17) is 9.47 Å². The Morgan fingerprint density at radius 2 is 2.05 bits per heavy atom. The minimum atomic E-state index is -0.281. The van der Waals surface area contributed by atoms with Crippen LogP contribution in [0.15, 0.2) is 29.2 Å². The van der Waals surface area contributed by atoms with Crippen LogP contribution in [0.4, 0.5) is 4.39 Å². The van der Waals surface area contributed by atoms with E-state index in [1.807, 2.05) is 13.8 Å². The Labute approximate surface area is 117 Å². The van der Waals surface area contributed by atoms with Crippen molar-refractivity contribution in [2.75, 3.05) is 19.0 Å². The van der Waals surface area contributed by atoms with E-state index in [9.17, 15) is 9.18 Å². The number of rotatable bonds is 8. The summed E-state index contributed by atoms with van der Waals surface area (Å²) in [4.78, 5) is 11.9. The van der Waals surface area contributed by atoms with Crippen molar-refractivity contribution in [1.29, 1.82) is 0 Å². The summed E-state index contributed by atoms with van der Waals surface area (Å²) in [5.74, 6) is -0.0347. The van der Waals surface area contributed by atoms with E-state index in [-0.39, 0.29) is 30.9 Å². The first-order chi connectivity index (χ1) is 9.09. The monoisotopic (exact) mass is 286 g/mol. The Morgan fingerprint density at radius 1 is 1.32 bits per heavy atom. The smallest absolute Gasteiger partial charge is 0.306 e. The molecule has 0 saturated heterocycles. The van der Waals surface area contributed by atoms with Gasteiger partial charge < -0.3 is 9.47 Å². The molecular formula is C14H19FO3S. The molecule has 0 fully saturated rings. The van der Waals surface area contributed by atoms with Crippen LogP contribution >= 0.6 is 11.8 Å². The van der Waals surface area contributed by atoms with Crippen molar-refractivity contribution in [3.05, 3.63) is 30.1 Å². The second-order valence-corrected chi connectivity index (χ2v) is 5.31. The van der Waals surface area contributed by atoms with Crippen LogP contribution < -0.4 is 0 Å². The van der Waals surface area contributed by atoms with Crippen LogP contribution in [-0.4, -0.2) is 31.0 Å². The summed E-state index contributed by atoms with van der Waals surface area (Å²) in [6.45, 7) is 4.52. The van der Waals surface area contributed by atoms with Gasteiger partial charge in [-0.25, -0.2) is 4.39 Å². The molecule has 5 heteroatoms. The molecule has 0 atom stereocenters. The molecule has 0 aliphatic carbocycles. The predicted molar refractivity (Wildman–Crippen MR) is 73.8 cm³/mol. The highest BCUT2D eigenvalue weighted by atomic mass is 32.2. The fourth-order valence-electron chi connectivity index (χ4n) is 1.32. The van der Waals surface area contributed by atoms with Gasteiger partial charge in [0.05, 0.1) is 19.1 Å². The molecule has 0 N–H and O–H groups in total. The molecule has 1 rings (SSSR count). The summed E-state index contributed by atoms with van der Waals surface area (Å²) in [6.07, 6.45) is 0.399. The molecule has 0 heterocycles. The lowest BCUT2D eigenvalue weighted by molar-refractivity contribution is -0.145. The maximum atomic E-state index is 13.3. The van der Waals surface area contributed by atoms with Gasteiger partial charge in [0.2, 0.25) is 0 Å². The molecule has 1 aromatic carbocycles. The number of hydrogen-bond donors (Lipinski definition) is 0. The number of esters is 1. The minimum Gasteiger partial charge on any atom is -0.463 e. The maximum Gasteiger partial charge on any atom is 0.306 e. The zero-order valence-corrected chi connectivity index (χ0v) is 12.0. The summed E-state index contributed by atoms with van der Waals surface area (Å²) in [5.41, 5.74) is 0. The van der Waals surface area contributed by atoms with Gasteiger partial charge in [0.25, 0.3) is 0 Å². The standard InChI is InChI=1S/C14H19FO3S/c1-11(2)17-8-9-18-14(16)7-10-19-13-6-4-3-5-12(13)15/h3-6,11H,7-10H2,1-2H3. The van der Waals surface area contributed by atoms with Gasteiger partial charge in [-0.3, -0.25) is 4.79 Å². The molecule has 0 unspecified atom stereocenters. The fraction of sp³-hybridized carbons (Fsp3) is 0.500. The number of carbonyl (C=O) groups excluding carboxylic acids is 1. The Hall–Kier alpha value is -1.07. The maximum absolute atomic E-state index is 13.3. The van der Waals surface area contributed by atoms with Gasteiger partial charge in [-0.15, -0.1) is 11.8 Å². The second-order valence-electron chi connectivity index (χ2n) is 4.17. The molecule has 3 nitrogen and oxygen atoms in total. The molecule has 0 amide bonds. The molecule has 0 radical (unpaired) electrons. The van der Waals surface area contributed by atoms with E-state index >= 15 is 0 Å². The first-order valence-corrected chi connectivity index (χ1v) is 7.22. The van der Waals surface area contributed by atoms with E-state index in [0.29, 0.717) is 17.3 Å². The lowest BCUT2D eigenvalue weighted by Gasteiger charge is -2.08. The quantitative estimate of drug-likeness (QED) is 0.417. The minimum absolute atomic E-state index is 0.135. The summed E-state index contributed by atoms with van der Waals surface area (Å²) in [6, 6.07) is 6.51. The zero-order chi connectivity index (χ0) is 14.1. The van der Waals surface area contributed by atoms with Crippen molar-refractivity contribution in [2.45, 2.75) is 31.3 Å². The predicted octanol–water partition coefficient (Wildman–Crippen LogP) is 3.28. The van der Waals surface area contributed by atoms with Gasteiger partial charge in [-0.2, -0.15) is 0 Å². The van der Waals surface area contributed by atoms with Crippen molar-refractivity contribution in [1.82, 2.24) is 0 Å². The average Bonchev–Trinajstić information content (AvgIpc) is 2.37. The Bertz CT molecular complexity index is 396. The average molecular weight is 286 g/mol. The lowest BCUT2D eigenvalue weighted by Crippen LogP contribution is -2.13. The molecule has 1 aromatic rings. The summed E-state index contributed by atoms with van der Waals surface area (Å²) < 4.78 is 23.5. The van der Waals surface area contributed by atoms with Crippen LogP contribution in [0, 0.1) is 5.82 Å². The Morgan fingerprint density at radius 3 is 2.74 bits per heavy atom. The highest BCUT2D eigenvalue weighted by molar-refractivity contribution is 7.99. The van der Waals surface area contributed by atoms with Crippen molar-refractivity contribution < 1.29 is 18.7 Å². The van der Waals surface area contributed by atoms with Crippen molar-refractivity contribution in [3.63, 3.8) is 0 Å². The third-order valence-corrected chi connectivity index (χ3v) is 3.25. The van der Waals surface area contributed by atoms with Crippen molar-refractivity contribution in [2.24, 2.45) is 0 Å². The molecule has 106 valence electrons. The van der Waals surface area contributed by atoms with Gasteiger partial charge >= 0.3 is 5.97 Å². The number of halogens is 1. The van der Waals surface area contributed by atoms with Gasteiger partial charge in [0.1, 0.15) is 12.4 Å². The SMILES string of the molecule is CC(C)OCCOC(=O)CCSc1ccccc1F. The van der Waals surface area contributed by atoms with Crippen LogP contribution in [0.5, 0.6) is 0 Å². The molecule has 0 aromatic heterocycles. The van der Waals surface area contributed by atoms with Crippen molar-refractivity contribution >= 4 is 17.7 Å². The number of hydrogen-bond acceptors (Lipinski definition) is 4. The van der Waals surface area contributed by atoms with Crippen LogP contribution in [-0.2, 0) is 14.3 Å². The first-order valence-electron chi connectivity index (χ1n) is 6.24. The zero-order valence-electron chi connectivity index (χ0n) is 11.2. The third-order valence-electron chi connectivity index (χ3n) is 2.20. The molecule has 19 heavy (non-hydrogen) atoms. The van der Waals surface area contributed by atoms with Crippen LogP contribution in [0.2, 0.25) is 0 Å². The summed E-state index contributed by atoms with van der Waals surface area (Å²) in [5, 5.41) is 0. The highest BCUT2D eigenvalue weighted by Gasteiger charge is 2.06. The van der Waals surface area contributed by atoms with E-state index in [1.54, 1.807) is 18.2 Å². The highest BCUT2D eigenvalue weighted by Crippen LogP contribution is 2.21. The second kappa shape index (κ2) is 8.93. The van der Waals surface area contributed by atoms with Gasteiger partial charge in [-0.1, -0.05) is 12.1 Å². The number of benzene rings is 1. The van der Waals surface area contributed by atoms with Gasteiger partial charge in [0.15, 0.2) is 0 Å². The van der Waals surface area contributed by atoms with E-state index in [0.717, 1.165) is 0 Å². The molecular weight excluding hydrogens is 267 g/mol. The van der Waals surface area contributed by atoms with E-state index in [2.05, 4.69) is 0 Å². The summed E-state index contributed by atoms with van der Waals surface area (Å²) >= 11 is 1.31. The molecule has 0 aliphatic rings. The van der Waals surface area contributed by atoms with Crippen LogP contribution in [0.1, 0.15) is 20.3 Å². The first kappa shape index (κ1) is 16.0. The third kappa shape index (κ3) is 7.18. The lowest BCUT2D eigenvalue weighted by atomic mass is 10.3. The van der Waals surface area contributed by atoms with E-state index in [1.165, 1.54) is 17.8 Å². The van der Waals surface area contributed by atoms with E-state index < -0.39 is 0 Å². The summed E-state index contributed by atoms with van der Waals surface area (Å²) in [7, 11) is 0. The van der Waals surface area contributed by atoms with Gasteiger partial charge in [-0.05, 0) is 26.0 Å². The normalized spacial score (nSPS) is 10.7. The number of carbonyl (C=O) groups is 1. The van der Waals surface area contributed by atoms with Gasteiger partial charge in [0, 0.05) is 10.6 Å².